The molecule has 0 aromatic heterocycles. The molecule has 3 rings (SSSR count). The van der Waals surface area contributed by atoms with E-state index in [1.807, 2.05) is 0 Å². The number of alkyl halides is 3. The highest BCUT2D eigenvalue weighted by Gasteiger charge is 2.32. The molecule has 0 radical (unpaired) electrons. The minimum atomic E-state index is -4.38. The molecule has 0 aliphatic carbocycles. The number of nitrogens with zero attached hydrogens (tertiary/aromatic N) is 1. The fourth-order valence-electron chi connectivity index (χ4n) is 3.28. The summed E-state index contributed by atoms with van der Waals surface area (Å²) in [4.78, 5) is 14.3. The SMILES string of the molecule is COc1ccc(NC(=O)CN2CCCc3cc(C(F)(F)F)ccc32)c(OC)c1. The number of anilines is 2. The van der Waals surface area contributed by atoms with Crippen LogP contribution in [0.25, 0.3) is 0 Å². The van der Waals surface area contributed by atoms with Crippen LogP contribution in [-0.4, -0.2) is 33.2 Å². The van der Waals surface area contributed by atoms with Crippen molar-refractivity contribution < 1.29 is 27.4 Å². The summed E-state index contributed by atoms with van der Waals surface area (Å²) in [5.41, 5.74) is 1.10. The van der Waals surface area contributed by atoms with Gasteiger partial charge in [0, 0.05) is 18.3 Å². The lowest BCUT2D eigenvalue weighted by Crippen LogP contribution is -2.37. The van der Waals surface area contributed by atoms with E-state index in [9.17, 15) is 18.0 Å². The molecule has 2 aromatic rings. The number of rotatable bonds is 5. The number of nitrogens with one attached hydrogen (secondary N) is 1. The molecule has 0 bridgehead atoms. The van der Waals surface area contributed by atoms with Gasteiger partial charge in [-0.1, -0.05) is 0 Å². The molecule has 0 unspecified atom stereocenters. The van der Waals surface area contributed by atoms with Gasteiger partial charge in [-0.15, -0.1) is 0 Å². The van der Waals surface area contributed by atoms with Crippen molar-refractivity contribution in [2.75, 3.05) is 37.5 Å². The number of halogens is 3. The molecule has 0 atom stereocenters. The number of carbonyl (C=O) groups is 1. The fourth-order valence-corrected chi connectivity index (χ4v) is 3.28. The third-order valence-corrected chi connectivity index (χ3v) is 4.64. The maximum Gasteiger partial charge on any atom is 0.416 e. The van der Waals surface area contributed by atoms with Gasteiger partial charge in [0.25, 0.3) is 0 Å². The highest BCUT2D eigenvalue weighted by atomic mass is 19.4. The van der Waals surface area contributed by atoms with Crippen LogP contribution in [0, 0.1) is 0 Å². The lowest BCUT2D eigenvalue weighted by atomic mass is 9.99. The van der Waals surface area contributed by atoms with E-state index in [1.165, 1.54) is 26.4 Å². The number of ether oxygens (including phenoxy) is 2. The Kier molecular flexibility index (Phi) is 5.67. The lowest BCUT2D eigenvalue weighted by molar-refractivity contribution is -0.137. The Morgan fingerprint density at radius 1 is 1.14 bits per heavy atom. The normalized spacial score (nSPS) is 13.7. The predicted octanol–water partition coefficient (Wildman–Crippen LogP) is 4.11. The summed E-state index contributed by atoms with van der Waals surface area (Å²) >= 11 is 0. The fraction of sp³-hybridized carbons (Fsp3) is 0.350. The zero-order valence-corrected chi connectivity index (χ0v) is 15.6. The van der Waals surface area contributed by atoms with Crippen LogP contribution in [0.3, 0.4) is 0 Å². The largest absolute Gasteiger partial charge is 0.497 e. The van der Waals surface area contributed by atoms with Crippen LogP contribution in [0.2, 0.25) is 0 Å². The van der Waals surface area contributed by atoms with Crippen molar-refractivity contribution in [3.8, 4) is 11.5 Å². The maximum absolute atomic E-state index is 12.9. The molecule has 0 spiro atoms. The Morgan fingerprint density at radius 3 is 2.61 bits per heavy atom. The molecule has 1 amide bonds. The highest BCUT2D eigenvalue weighted by molar-refractivity contribution is 5.95. The smallest absolute Gasteiger partial charge is 0.416 e. The van der Waals surface area contributed by atoms with Crippen molar-refractivity contribution in [3.63, 3.8) is 0 Å². The summed E-state index contributed by atoms with van der Waals surface area (Å²) in [5.74, 6) is 0.776. The summed E-state index contributed by atoms with van der Waals surface area (Å²) in [6.45, 7) is 0.638. The summed E-state index contributed by atoms with van der Waals surface area (Å²) in [6, 6.07) is 8.71. The minimum Gasteiger partial charge on any atom is -0.497 e. The van der Waals surface area contributed by atoms with Gasteiger partial charge in [-0.2, -0.15) is 13.2 Å². The molecular weight excluding hydrogens is 373 g/mol. The Bertz CT molecular complexity index is 868. The van der Waals surface area contributed by atoms with Crippen molar-refractivity contribution in [3.05, 3.63) is 47.5 Å². The van der Waals surface area contributed by atoms with Crippen LogP contribution in [0.1, 0.15) is 17.5 Å². The van der Waals surface area contributed by atoms with Gasteiger partial charge in [0.05, 0.1) is 32.0 Å². The average Bonchev–Trinajstić information content (AvgIpc) is 2.67. The van der Waals surface area contributed by atoms with Crippen molar-refractivity contribution >= 4 is 17.3 Å². The van der Waals surface area contributed by atoms with E-state index < -0.39 is 11.7 Å². The molecule has 150 valence electrons. The monoisotopic (exact) mass is 394 g/mol. The molecule has 0 saturated carbocycles. The van der Waals surface area contributed by atoms with Crippen molar-refractivity contribution in [1.29, 1.82) is 0 Å². The zero-order valence-electron chi connectivity index (χ0n) is 15.6. The van der Waals surface area contributed by atoms with Gasteiger partial charge in [-0.25, -0.2) is 0 Å². The average molecular weight is 394 g/mol. The summed E-state index contributed by atoms with van der Waals surface area (Å²) in [7, 11) is 3.02. The van der Waals surface area contributed by atoms with Gasteiger partial charge >= 0.3 is 6.18 Å². The first-order valence-corrected chi connectivity index (χ1v) is 8.79. The zero-order chi connectivity index (χ0) is 20.3. The second-order valence-corrected chi connectivity index (χ2v) is 6.48. The third-order valence-electron chi connectivity index (χ3n) is 4.64. The molecule has 5 nitrogen and oxygen atoms in total. The van der Waals surface area contributed by atoms with Gasteiger partial charge in [0.15, 0.2) is 0 Å². The topological polar surface area (TPSA) is 50.8 Å². The number of benzene rings is 2. The van der Waals surface area contributed by atoms with Crippen LogP contribution in [0.4, 0.5) is 24.5 Å². The number of aryl methyl sites for hydroxylation is 1. The first-order valence-electron chi connectivity index (χ1n) is 8.79. The predicted molar refractivity (Wildman–Crippen MR) is 100 cm³/mol. The van der Waals surface area contributed by atoms with E-state index >= 15 is 0 Å². The molecule has 1 aliphatic rings. The number of hydrogen-bond acceptors (Lipinski definition) is 4. The van der Waals surface area contributed by atoms with Gasteiger partial charge in [0.2, 0.25) is 5.91 Å². The van der Waals surface area contributed by atoms with E-state index in [2.05, 4.69) is 5.32 Å². The van der Waals surface area contributed by atoms with Crippen LogP contribution in [0.15, 0.2) is 36.4 Å². The van der Waals surface area contributed by atoms with Crippen LogP contribution < -0.4 is 19.7 Å². The number of fused-ring (bicyclic) bond motifs is 1. The first kappa shape index (κ1) is 19.9. The number of methoxy groups -OCH3 is 2. The van der Waals surface area contributed by atoms with E-state index in [-0.39, 0.29) is 12.5 Å². The Hall–Kier alpha value is -2.90. The van der Waals surface area contributed by atoms with E-state index in [0.29, 0.717) is 47.8 Å². The van der Waals surface area contributed by atoms with Gasteiger partial charge in [-0.05, 0) is 48.7 Å². The lowest BCUT2D eigenvalue weighted by Gasteiger charge is -2.31. The maximum atomic E-state index is 12.9. The molecule has 0 saturated heterocycles. The number of amides is 1. The molecule has 8 heteroatoms. The molecule has 28 heavy (non-hydrogen) atoms. The molecule has 1 heterocycles. The van der Waals surface area contributed by atoms with E-state index in [4.69, 9.17) is 9.47 Å². The van der Waals surface area contributed by atoms with Crippen molar-refractivity contribution in [2.45, 2.75) is 19.0 Å². The van der Waals surface area contributed by atoms with Gasteiger partial charge in [-0.3, -0.25) is 4.79 Å². The van der Waals surface area contributed by atoms with Crippen LogP contribution >= 0.6 is 0 Å². The van der Waals surface area contributed by atoms with E-state index in [0.717, 1.165) is 6.07 Å². The standard InChI is InChI=1S/C20H21F3N2O3/c1-27-15-6-7-16(18(11-15)28-2)24-19(26)12-25-9-3-4-13-10-14(20(21,22)23)5-8-17(13)25/h5-8,10-11H,3-4,9,12H2,1-2H3,(H,24,26). The van der Waals surface area contributed by atoms with Crippen molar-refractivity contribution in [1.82, 2.24) is 0 Å². The van der Waals surface area contributed by atoms with Crippen LogP contribution in [-0.2, 0) is 17.4 Å². The molecular formula is C20H21F3N2O3. The van der Waals surface area contributed by atoms with E-state index in [1.54, 1.807) is 23.1 Å². The quantitative estimate of drug-likeness (QED) is 0.829. The molecule has 1 N–H and O–H groups in total. The molecule has 0 fully saturated rings. The Balaban J connectivity index is 1.74. The number of hydrogen-bond donors (Lipinski definition) is 1. The number of carbonyl (C=O) groups excluding carboxylic acids is 1. The molecule has 2 aromatic carbocycles. The Morgan fingerprint density at radius 2 is 1.93 bits per heavy atom. The van der Waals surface area contributed by atoms with Gasteiger partial charge < -0.3 is 19.7 Å². The highest BCUT2D eigenvalue weighted by Crippen LogP contribution is 2.35. The van der Waals surface area contributed by atoms with Crippen molar-refractivity contribution in [2.24, 2.45) is 0 Å². The minimum absolute atomic E-state index is 0.0353. The van der Waals surface area contributed by atoms with Crippen LogP contribution in [0.5, 0.6) is 11.5 Å². The second-order valence-electron chi connectivity index (χ2n) is 6.48. The summed E-state index contributed by atoms with van der Waals surface area (Å²) < 4.78 is 49.2. The second kappa shape index (κ2) is 8.00. The first-order chi connectivity index (χ1) is 13.3. The molecule has 1 aliphatic heterocycles. The third kappa shape index (κ3) is 4.32. The Labute approximate surface area is 161 Å². The summed E-state index contributed by atoms with van der Waals surface area (Å²) in [6.07, 6.45) is -3.13. The van der Waals surface area contributed by atoms with Gasteiger partial charge in [0.1, 0.15) is 11.5 Å². The summed E-state index contributed by atoms with van der Waals surface area (Å²) in [5, 5.41) is 2.79.